The second kappa shape index (κ2) is 5.89. The van der Waals surface area contributed by atoms with Gasteiger partial charge in [0, 0.05) is 10.6 Å². The van der Waals surface area contributed by atoms with E-state index in [1.54, 1.807) is 30.3 Å². The van der Waals surface area contributed by atoms with Crippen LogP contribution in [0.2, 0.25) is 5.02 Å². The lowest BCUT2D eigenvalue weighted by Gasteiger charge is -2.25. The van der Waals surface area contributed by atoms with Crippen molar-refractivity contribution in [2.24, 2.45) is 0 Å². The summed E-state index contributed by atoms with van der Waals surface area (Å²) in [6.45, 7) is 0.330. The van der Waals surface area contributed by atoms with Crippen LogP contribution in [0, 0.1) is 0 Å². The van der Waals surface area contributed by atoms with Crippen molar-refractivity contribution < 1.29 is 24.0 Å². The second-order valence-corrected chi connectivity index (χ2v) is 6.17. The Bertz CT molecular complexity index is 875. The number of halogens is 1. The van der Waals surface area contributed by atoms with Gasteiger partial charge in [0.15, 0.2) is 0 Å². The van der Waals surface area contributed by atoms with Crippen LogP contribution in [0.4, 0.5) is 0 Å². The van der Waals surface area contributed by atoms with Crippen LogP contribution in [0.3, 0.4) is 0 Å². The van der Waals surface area contributed by atoms with Gasteiger partial charge >= 0.3 is 5.97 Å². The molecular formula is C18H12ClNO5. The molecule has 1 atom stereocenters. The summed E-state index contributed by atoms with van der Waals surface area (Å²) in [6, 6.07) is 11.3. The van der Waals surface area contributed by atoms with Crippen LogP contribution in [0.1, 0.15) is 38.6 Å². The van der Waals surface area contributed by atoms with Gasteiger partial charge < -0.3 is 9.57 Å². The first-order valence-corrected chi connectivity index (χ1v) is 8.06. The maximum atomic E-state index is 12.6. The van der Waals surface area contributed by atoms with Gasteiger partial charge in [0.25, 0.3) is 11.8 Å². The molecule has 0 fully saturated rings. The predicted octanol–water partition coefficient (Wildman–Crippen LogP) is 2.96. The fraction of sp³-hybridized carbons (Fsp3) is 0.167. The lowest BCUT2D eigenvalue weighted by atomic mass is 9.93. The molecule has 0 N–H and O–H groups in total. The first-order chi connectivity index (χ1) is 12.1. The second-order valence-electron chi connectivity index (χ2n) is 5.73. The molecule has 126 valence electrons. The van der Waals surface area contributed by atoms with Gasteiger partial charge in [0.1, 0.15) is 5.75 Å². The van der Waals surface area contributed by atoms with Crippen LogP contribution in [0.25, 0.3) is 0 Å². The molecule has 0 bridgehead atoms. The summed E-state index contributed by atoms with van der Waals surface area (Å²) in [6.07, 6.45) is 0.370. The van der Waals surface area contributed by atoms with Gasteiger partial charge in [0.2, 0.25) is 0 Å². The van der Waals surface area contributed by atoms with Crippen LogP contribution >= 0.6 is 11.6 Å². The number of hydrogen-bond acceptors (Lipinski definition) is 5. The Morgan fingerprint density at radius 1 is 1.12 bits per heavy atom. The Morgan fingerprint density at radius 3 is 2.48 bits per heavy atom. The lowest BCUT2D eigenvalue weighted by molar-refractivity contribution is -0.171. The molecule has 0 aliphatic carbocycles. The molecule has 0 spiro atoms. The third-order valence-electron chi connectivity index (χ3n) is 4.23. The lowest BCUT2D eigenvalue weighted by Crippen LogP contribution is -2.35. The first kappa shape index (κ1) is 15.7. The molecule has 25 heavy (non-hydrogen) atoms. The van der Waals surface area contributed by atoms with Crippen molar-refractivity contribution in [2.45, 2.75) is 12.3 Å². The fourth-order valence-corrected chi connectivity index (χ4v) is 3.19. The Balaban J connectivity index is 1.60. The third kappa shape index (κ3) is 2.55. The topological polar surface area (TPSA) is 72.9 Å². The molecular weight excluding hydrogens is 346 g/mol. The van der Waals surface area contributed by atoms with E-state index in [4.69, 9.17) is 21.2 Å². The molecule has 2 aromatic carbocycles. The maximum absolute atomic E-state index is 12.6. The molecule has 0 saturated carbocycles. The number of ether oxygens (including phenoxy) is 1. The van der Waals surface area contributed by atoms with E-state index in [-0.39, 0.29) is 11.1 Å². The molecule has 0 aromatic heterocycles. The number of amides is 2. The summed E-state index contributed by atoms with van der Waals surface area (Å²) in [4.78, 5) is 42.4. The SMILES string of the molecule is O=C(ON1C(=O)c2ccccc2C1=O)C1CCOc2ccc(Cl)cc21. The normalized spacial score (nSPS) is 18.4. The fourth-order valence-electron chi connectivity index (χ4n) is 3.01. The molecule has 2 aliphatic rings. The predicted molar refractivity (Wildman–Crippen MR) is 87.3 cm³/mol. The van der Waals surface area contributed by atoms with Gasteiger partial charge in [-0.05, 0) is 36.8 Å². The quantitative estimate of drug-likeness (QED) is 0.773. The monoisotopic (exact) mass is 357 g/mol. The smallest absolute Gasteiger partial charge is 0.340 e. The van der Waals surface area contributed by atoms with E-state index in [1.807, 2.05) is 0 Å². The van der Waals surface area contributed by atoms with Gasteiger partial charge in [-0.15, -0.1) is 0 Å². The Labute approximate surface area is 147 Å². The zero-order valence-electron chi connectivity index (χ0n) is 12.9. The summed E-state index contributed by atoms with van der Waals surface area (Å²) in [5.74, 6) is -2.10. The van der Waals surface area contributed by atoms with Crippen LogP contribution in [0.5, 0.6) is 5.75 Å². The van der Waals surface area contributed by atoms with E-state index in [1.165, 1.54) is 12.1 Å². The number of carbonyl (C=O) groups is 3. The highest BCUT2D eigenvalue weighted by molar-refractivity contribution is 6.30. The van der Waals surface area contributed by atoms with Gasteiger partial charge in [-0.1, -0.05) is 28.8 Å². The number of hydrogen-bond donors (Lipinski definition) is 0. The zero-order chi connectivity index (χ0) is 17.6. The number of hydroxylamine groups is 2. The number of rotatable bonds is 2. The van der Waals surface area contributed by atoms with Crippen LogP contribution in [-0.4, -0.2) is 29.5 Å². The van der Waals surface area contributed by atoms with Gasteiger partial charge in [0.05, 0.1) is 23.7 Å². The molecule has 7 heteroatoms. The van der Waals surface area contributed by atoms with E-state index in [2.05, 4.69) is 0 Å². The number of benzene rings is 2. The highest BCUT2D eigenvalue weighted by atomic mass is 35.5. The average molecular weight is 358 g/mol. The molecule has 2 heterocycles. The first-order valence-electron chi connectivity index (χ1n) is 7.68. The average Bonchev–Trinajstić information content (AvgIpc) is 2.86. The summed E-state index contributed by atoms with van der Waals surface area (Å²) >= 11 is 6.00. The van der Waals surface area contributed by atoms with Crippen LogP contribution in [0.15, 0.2) is 42.5 Å². The highest BCUT2D eigenvalue weighted by Gasteiger charge is 2.40. The van der Waals surface area contributed by atoms with Crippen LogP contribution < -0.4 is 4.74 Å². The van der Waals surface area contributed by atoms with Crippen molar-refractivity contribution in [1.82, 2.24) is 5.06 Å². The molecule has 2 aliphatic heterocycles. The minimum Gasteiger partial charge on any atom is -0.493 e. The third-order valence-corrected chi connectivity index (χ3v) is 4.47. The van der Waals surface area contributed by atoms with E-state index in [0.717, 1.165) is 0 Å². The van der Waals surface area contributed by atoms with E-state index >= 15 is 0 Å². The standard InChI is InChI=1S/C18H12ClNO5/c19-10-5-6-15-14(9-10)13(7-8-24-15)18(23)25-20-16(21)11-3-1-2-4-12(11)17(20)22/h1-6,9,13H,7-8H2. The maximum Gasteiger partial charge on any atom is 0.340 e. The van der Waals surface area contributed by atoms with Crippen molar-refractivity contribution in [3.63, 3.8) is 0 Å². The zero-order valence-corrected chi connectivity index (χ0v) is 13.7. The van der Waals surface area contributed by atoms with E-state index < -0.39 is 23.7 Å². The van der Waals surface area contributed by atoms with Crippen LogP contribution in [-0.2, 0) is 9.63 Å². The van der Waals surface area contributed by atoms with E-state index in [9.17, 15) is 14.4 Å². The number of carbonyl (C=O) groups excluding carboxylic acids is 3. The minimum absolute atomic E-state index is 0.218. The number of imide groups is 1. The highest BCUT2D eigenvalue weighted by Crippen LogP contribution is 2.37. The molecule has 2 aromatic rings. The molecule has 1 unspecified atom stereocenters. The summed E-state index contributed by atoms with van der Waals surface area (Å²) in [5, 5.41) is 0.981. The Morgan fingerprint density at radius 2 is 1.80 bits per heavy atom. The van der Waals surface area contributed by atoms with E-state index in [0.29, 0.717) is 34.4 Å². The van der Waals surface area contributed by atoms with Gasteiger partial charge in [-0.3, -0.25) is 9.59 Å². The van der Waals surface area contributed by atoms with Crippen molar-refractivity contribution >= 4 is 29.4 Å². The number of nitrogens with zero attached hydrogens (tertiary/aromatic N) is 1. The van der Waals surface area contributed by atoms with Crippen molar-refractivity contribution in [3.8, 4) is 5.75 Å². The molecule has 6 nitrogen and oxygen atoms in total. The largest absolute Gasteiger partial charge is 0.493 e. The minimum atomic E-state index is -0.693. The number of fused-ring (bicyclic) bond motifs is 2. The molecule has 0 radical (unpaired) electrons. The molecule has 0 saturated heterocycles. The molecule has 2 amide bonds. The molecule has 4 rings (SSSR count). The Hall–Kier alpha value is -2.86. The van der Waals surface area contributed by atoms with Crippen molar-refractivity contribution in [2.75, 3.05) is 6.61 Å². The van der Waals surface area contributed by atoms with Crippen molar-refractivity contribution in [3.05, 3.63) is 64.2 Å². The Kier molecular flexibility index (Phi) is 3.69. The summed E-state index contributed by atoms with van der Waals surface area (Å²) in [5.41, 5.74) is 1.02. The van der Waals surface area contributed by atoms with Crippen molar-refractivity contribution in [1.29, 1.82) is 0 Å². The summed E-state index contributed by atoms with van der Waals surface area (Å²) < 4.78 is 5.51. The summed E-state index contributed by atoms with van der Waals surface area (Å²) in [7, 11) is 0. The van der Waals surface area contributed by atoms with Gasteiger partial charge in [-0.2, -0.15) is 0 Å². The van der Waals surface area contributed by atoms with Gasteiger partial charge in [-0.25, -0.2) is 4.79 Å².